The van der Waals surface area contributed by atoms with Crippen LogP contribution in [-0.2, 0) is 24.0 Å². The summed E-state index contributed by atoms with van der Waals surface area (Å²) in [6.07, 6.45) is 16.9. The Kier molecular flexibility index (Phi) is 13.5. The number of aromatic hydroxyl groups is 1. The zero-order valence-electron chi connectivity index (χ0n) is 31.3. The standard InChI is InChI=1S/C36H38N10O11S2/c1-36(2,35(54)55)57-42-27(21-9-5-10-26(38)59-43-21)31(50)41-28-32(51)46-29(34(52)53)19(18-58-33(28)46)7-6-14-44-13-4-3-8-20(37)22(16-44)39-11-12-40-30(49)23-15-24(47)25(48)17-45(23)56/h3-10,13,15-17,28,33,37,39,56H,11-12,14,18H2,1-2H3,(H7,38,40,41,43,48,49,50,52,53,54,55)/p+1/b7-6+,8-3+,13-4+,22-16?,42-27-/t28-,33?/m1/s1. The van der Waals surface area contributed by atoms with Gasteiger partial charge < -0.3 is 52.8 Å². The molecule has 2 atom stereocenters. The third kappa shape index (κ3) is 10.3. The van der Waals surface area contributed by atoms with Crippen LogP contribution >= 0.6 is 23.7 Å². The van der Waals surface area contributed by atoms with Crippen LogP contribution in [0.15, 0.2) is 109 Å². The van der Waals surface area contributed by atoms with Crippen LogP contribution in [0.1, 0.15) is 24.3 Å². The third-order valence-electron chi connectivity index (χ3n) is 8.46. The van der Waals surface area contributed by atoms with Gasteiger partial charge in [0.15, 0.2) is 30.4 Å². The largest absolute Gasteiger partial charge is 0.503 e. The number of fused-ring (bicyclic) bond motifs is 1. The van der Waals surface area contributed by atoms with E-state index < -0.39 is 63.6 Å². The number of allylic oxidation sites excluding steroid dienone is 8. The Balaban J connectivity index is 1.25. The van der Waals surface area contributed by atoms with Gasteiger partial charge in [-0.15, -0.1) is 11.8 Å². The maximum atomic E-state index is 13.6. The molecule has 59 heavy (non-hydrogen) atoms. The number of nitrogens with one attached hydrogen (secondary N) is 3. The normalized spacial score (nSPS) is 22.6. The number of hydrogen-bond donors (Lipinski definition) is 9. The number of pyridine rings is 1. The number of aliphatic carboxylic acids is 2. The number of amides is 3. The van der Waals surface area contributed by atoms with E-state index in [4.69, 9.17) is 16.3 Å². The van der Waals surface area contributed by atoms with E-state index >= 15 is 0 Å². The minimum absolute atomic E-state index is 0.0228. The number of hydrogen-bond acceptors (Lipinski definition) is 16. The highest BCUT2D eigenvalue weighted by molar-refractivity contribution is 8.02. The lowest BCUT2D eigenvalue weighted by atomic mass is 10.0. The van der Waals surface area contributed by atoms with Crippen molar-refractivity contribution < 1.29 is 53.9 Å². The van der Waals surface area contributed by atoms with Gasteiger partial charge in [0.2, 0.25) is 11.0 Å². The van der Waals surface area contributed by atoms with Gasteiger partial charge >= 0.3 is 11.9 Å². The molecule has 1 saturated heterocycles. The highest BCUT2D eigenvalue weighted by Crippen LogP contribution is 2.40. The molecule has 1 aromatic rings. The molecule has 3 amide bonds. The van der Waals surface area contributed by atoms with Gasteiger partial charge in [0.25, 0.3) is 17.7 Å². The Labute approximate surface area is 343 Å². The number of carboxylic acids is 2. The number of carboxylic acid groups (broad SMARTS) is 2. The van der Waals surface area contributed by atoms with Gasteiger partial charge in [-0.05, 0) is 43.7 Å². The quantitative estimate of drug-likeness (QED) is 0.0203. The molecule has 23 heteroatoms. The van der Waals surface area contributed by atoms with Crippen LogP contribution in [0, 0.1) is 0 Å². The number of nitrogens with two attached hydrogens (primary N) is 2. The van der Waals surface area contributed by atoms with Crippen molar-refractivity contribution in [1.29, 1.82) is 0 Å². The summed E-state index contributed by atoms with van der Waals surface area (Å²) in [6.45, 7) is 2.91. The van der Waals surface area contributed by atoms with Gasteiger partial charge in [0.05, 0.1) is 16.9 Å². The smallest absolute Gasteiger partial charge is 0.352 e. The van der Waals surface area contributed by atoms with Gasteiger partial charge in [-0.3, -0.25) is 24.1 Å². The number of carbonyl (C=O) groups is 5. The van der Waals surface area contributed by atoms with E-state index in [9.17, 15) is 49.3 Å². The van der Waals surface area contributed by atoms with Crippen molar-refractivity contribution in [2.45, 2.75) is 30.9 Å². The summed E-state index contributed by atoms with van der Waals surface area (Å²) >= 11 is 2.06. The summed E-state index contributed by atoms with van der Waals surface area (Å²) in [6, 6.07) is -0.367. The Morgan fingerprint density at radius 2 is 1.90 bits per heavy atom. The Morgan fingerprint density at radius 3 is 2.63 bits per heavy atom. The summed E-state index contributed by atoms with van der Waals surface area (Å²) in [5, 5.41) is 50.4. The first-order valence-electron chi connectivity index (χ1n) is 17.4. The first-order chi connectivity index (χ1) is 28.0. The van der Waals surface area contributed by atoms with Gasteiger partial charge in [-0.25, -0.2) is 14.0 Å². The molecule has 5 rings (SSSR count). The van der Waals surface area contributed by atoms with E-state index in [0.29, 0.717) is 32.9 Å². The summed E-state index contributed by atoms with van der Waals surface area (Å²) in [5.41, 5.74) is 9.47. The fraction of sp³-hybridized carbons (Fsp3) is 0.250. The molecule has 0 spiro atoms. The molecule has 0 saturated carbocycles. The molecule has 0 aliphatic carbocycles. The lowest BCUT2D eigenvalue weighted by molar-refractivity contribution is -0.439. The van der Waals surface area contributed by atoms with Crippen molar-refractivity contribution in [1.82, 2.24) is 25.6 Å². The van der Waals surface area contributed by atoms with Crippen LogP contribution in [0.2, 0.25) is 0 Å². The number of rotatable bonds is 15. The van der Waals surface area contributed by atoms with E-state index in [1.54, 1.807) is 47.4 Å². The summed E-state index contributed by atoms with van der Waals surface area (Å²) < 4.78 is 6.25. The van der Waals surface area contributed by atoms with Gasteiger partial charge in [0.1, 0.15) is 34.2 Å². The molecule has 0 aromatic carbocycles. The predicted octanol–water partition coefficient (Wildman–Crippen LogP) is -0.563. The van der Waals surface area contributed by atoms with Crippen molar-refractivity contribution in [2.24, 2.45) is 21.0 Å². The number of aromatic nitrogens is 1. The molecule has 4 aliphatic heterocycles. The first kappa shape index (κ1) is 43.1. The second kappa shape index (κ2) is 18.5. The van der Waals surface area contributed by atoms with Crippen LogP contribution in [0.25, 0.3) is 0 Å². The highest BCUT2D eigenvalue weighted by Gasteiger charge is 2.54. The second-order valence-electron chi connectivity index (χ2n) is 13.1. The van der Waals surface area contributed by atoms with Gasteiger partial charge in [0, 0.05) is 42.9 Å². The molecule has 1 aromatic heterocycles. The zero-order valence-corrected chi connectivity index (χ0v) is 32.9. The minimum Gasteiger partial charge on any atom is -0.503 e. The third-order valence-corrected chi connectivity index (χ3v) is 10.4. The Morgan fingerprint density at radius 1 is 1.14 bits per heavy atom. The van der Waals surface area contributed by atoms with Crippen molar-refractivity contribution in [3.63, 3.8) is 0 Å². The van der Waals surface area contributed by atoms with Crippen molar-refractivity contribution in [3.05, 3.63) is 111 Å². The summed E-state index contributed by atoms with van der Waals surface area (Å²) in [7, 11) is 0. The average molecular weight is 852 g/mol. The average Bonchev–Trinajstić information content (AvgIpc) is 3.40. The second-order valence-corrected chi connectivity index (χ2v) is 15.1. The van der Waals surface area contributed by atoms with Crippen molar-refractivity contribution in [3.8, 4) is 5.75 Å². The number of carbonyl (C=O) groups excluding carboxylic acids is 3. The number of thioether (sulfide) groups is 1. The molecule has 0 radical (unpaired) electrons. The molecule has 5 heterocycles. The molecular formula is C36H39N10O11S2+. The van der Waals surface area contributed by atoms with E-state index in [0.717, 1.165) is 22.9 Å². The number of nitrogens with zero attached hydrogens (tertiary/aromatic N) is 5. The molecule has 310 valence electrons. The molecule has 1 fully saturated rings. The van der Waals surface area contributed by atoms with Crippen LogP contribution in [0.4, 0.5) is 0 Å². The molecule has 1 unspecified atom stereocenters. The minimum atomic E-state index is -1.82. The van der Waals surface area contributed by atoms with E-state index in [2.05, 4.69) is 25.5 Å². The topological polar surface area (TPSA) is 317 Å². The molecule has 11 N–H and O–H groups in total. The van der Waals surface area contributed by atoms with E-state index in [-0.39, 0.29) is 42.5 Å². The maximum absolute atomic E-state index is 13.6. The summed E-state index contributed by atoms with van der Waals surface area (Å²) in [4.78, 5) is 81.6. The number of β-lactam (4-membered cyclic amide) rings is 1. The highest BCUT2D eigenvalue weighted by atomic mass is 32.2. The predicted molar refractivity (Wildman–Crippen MR) is 216 cm³/mol. The van der Waals surface area contributed by atoms with Crippen LogP contribution in [-0.4, -0.2) is 124 Å². The fourth-order valence-corrected chi connectivity index (χ4v) is 7.13. The summed E-state index contributed by atoms with van der Waals surface area (Å²) in [5.74, 6) is -5.65. The molecule has 21 nitrogen and oxygen atoms in total. The monoisotopic (exact) mass is 851 g/mol. The van der Waals surface area contributed by atoms with Crippen LogP contribution < -0.4 is 32.8 Å². The fourth-order valence-electron chi connectivity index (χ4n) is 5.32. The van der Waals surface area contributed by atoms with Gasteiger partial charge in [-0.2, -0.15) is 9.31 Å². The first-order valence-corrected chi connectivity index (χ1v) is 19.2. The Bertz CT molecular complexity index is 2340. The lowest BCUT2D eigenvalue weighted by Crippen LogP contribution is -2.71. The lowest BCUT2D eigenvalue weighted by Gasteiger charge is -2.49. The zero-order chi connectivity index (χ0) is 43.0. The van der Waals surface area contributed by atoms with Crippen molar-refractivity contribution in [2.75, 3.05) is 25.4 Å². The SMILES string of the molecule is CC(C)(O/N=C(\C(=O)N[C@@H]1C(=O)N2C(C(=O)O)=C(/C=C/C[N+]3=C/C(NCCNC(=O)c4cc(=O)c(O)cn4O)=C(N)\C=C\C=C\3)CSC12)C1=NSC(N)=CC=C1)C(=O)O. The van der Waals surface area contributed by atoms with Crippen LogP contribution in [0.3, 0.4) is 0 Å². The molecule has 0 bridgehead atoms. The van der Waals surface area contributed by atoms with Gasteiger partial charge in [-0.1, -0.05) is 23.4 Å². The number of oxime groups is 1. The molecular weight excluding hydrogens is 813 g/mol. The molecule has 4 aliphatic rings. The Hall–Kier alpha value is -7.01. The van der Waals surface area contributed by atoms with Crippen LogP contribution in [0.5, 0.6) is 5.75 Å². The maximum Gasteiger partial charge on any atom is 0.352 e. The van der Waals surface area contributed by atoms with E-state index in [1.807, 2.05) is 0 Å². The van der Waals surface area contributed by atoms with Crippen molar-refractivity contribution >= 4 is 71.0 Å². The van der Waals surface area contributed by atoms with E-state index in [1.165, 1.54) is 43.8 Å².